The van der Waals surface area contributed by atoms with E-state index in [1.54, 1.807) is 24.5 Å². The molecule has 0 saturated heterocycles. The number of benzene rings is 2. The third kappa shape index (κ3) is 4.09. The van der Waals surface area contributed by atoms with Crippen LogP contribution in [-0.4, -0.2) is 26.2 Å². The monoisotopic (exact) mass is 376 g/mol. The minimum Gasteiger partial charge on any atom is -0.484 e. The van der Waals surface area contributed by atoms with Gasteiger partial charge in [-0.1, -0.05) is 36.4 Å². The second kappa shape index (κ2) is 7.92. The zero-order valence-electron chi connectivity index (χ0n) is 14.3. The van der Waals surface area contributed by atoms with Crippen molar-refractivity contribution in [1.82, 2.24) is 19.0 Å². The third-order valence-electron chi connectivity index (χ3n) is 4.05. The van der Waals surface area contributed by atoms with E-state index in [1.807, 2.05) is 48.5 Å². The van der Waals surface area contributed by atoms with Crippen LogP contribution < -0.4 is 10.1 Å². The molecule has 4 aromatic rings. The number of ether oxygens (including phenoxy) is 1. The maximum Gasteiger partial charge on any atom is 0.258 e. The van der Waals surface area contributed by atoms with Crippen molar-refractivity contribution < 1.29 is 9.53 Å². The first kappa shape index (κ1) is 17.1. The van der Waals surface area contributed by atoms with E-state index >= 15 is 0 Å². The van der Waals surface area contributed by atoms with Gasteiger partial charge in [0.25, 0.3) is 5.91 Å². The molecule has 0 fully saturated rings. The summed E-state index contributed by atoms with van der Waals surface area (Å²) in [5, 5.41) is 3.02. The topological polar surface area (TPSA) is 77.0 Å². The molecule has 2 aromatic heterocycles. The van der Waals surface area contributed by atoms with Crippen LogP contribution in [0.5, 0.6) is 5.75 Å². The summed E-state index contributed by atoms with van der Waals surface area (Å²) in [6.45, 7) is -0.0906. The highest BCUT2D eigenvalue weighted by atomic mass is 32.1. The number of nitrogens with one attached hydrogen (secondary N) is 1. The number of hydrogen-bond donors (Lipinski definition) is 1. The molecule has 2 heterocycles. The van der Waals surface area contributed by atoms with Gasteiger partial charge in [0.2, 0.25) is 0 Å². The summed E-state index contributed by atoms with van der Waals surface area (Å²) < 4.78 is 14.0. The molecule has 4 rings (SSSR count). The minimum atomic E-state index is -0.291. The Labute approximate surface area is 160 Å². The van der Waals surface area contributed by atoms with Crippen LogP contribution in [0, 0.1) is 0 Å². The summed E-state index contributed by atoms with van der Waals surface area (Å²) in [6.07, 6.45) is 3.46. The lowest BCUT2D eigenvalue weighted by atomic mass is 10.0. The lowest BCUT2D eigenvalue weighted by Crippen LogP contribution is -2.33. The van der Waals surface area contributed by atoms with Crippen LogP contribution in [0.4, 0.5) is 0 Å². The number of nitrogens with zero attached hydrogens (tertiary/aromatic N) is 3. The quantitative estimate of drug-likeness (QED) is 0.558. The van der Waals surface area contributed by atoms with Crippen LogP contribution >= 0.6 is 11.7 Å². The zero-order chi connectivity index (χ0) is 18.5. The lowest BCUT2D eigenvalue weighted by molar-refractivity contribution is -0.123. The van der Waals surface area contributed by atoms with Crippen molar-refractivity contribution in [2.24, 2.45) is 0 Å². The largest absolute Gasteiger partial charge is 0.484 e. The number of hydrogen-bond acceptors (Lipinski definition) is 6. The second-order valence-corrected chi connectivity index (χ2v) is 6.43. The fourth-order valence-corrected chi connectivity index (χ4v) is 3.27. The lowest BCUT2D eigenvalue weighted by Gasteiger charge is -2.19. The maximum absolute atomic E-state index is 12.5. The Balaban J connectivity index is 1.46. The van der Waals surface area contributed by atoms with Gasteiger partial charge in [-0.15, -0.1) is 0 Å². The van der Waals surface area contributed by atoms with Gasteiger partial charge in [-0.05, 0) is 29.3 Å². The van der Waals surface area contributed by atoms with E-state index in [4.69, 9.17) is 4.74 Å². The van der Waals surface area contributed by atoms with Crippen molar-refractivity contribution in [3.8, 4) is 5.75 Å². The number of fused-ring (bicyclic) bond motifs is 1. The van der Waals surface area contributed by atoms with Gasteiger partial charge in [-0.25, -0.2) is 0 Å². The zero-order valence-corrected chi connectivity index (χ0v) is 15.1. The Kier molecular flexibility index (Phi) is 5.02. The molecular formula is C20H16N4O2S. The predicted molar refractivity (Wildman–Crippen MR) is 104 cm³/mol. The molecule has 2 aromatic carbocycles. The summed E-state index contributed by atoms with van der Waals surface area (Å²) in [5.41, 5.74) is 3.47. The molecule has 134 valence electrons. The summed E-state index contributed by atoms with van der Waals surface area (Å²) in [6, 6.07) is 18.7. The van der Waals surface area contributed by atoms with Crippen molar-refractivity contribution in [2.75, 3.05) is 6.61 Å². The number of aromatic nitrogens is 3. The average molecular weight is 376 g/mol. The molecular weight excluding hydrogens is 360 g/mol. The van der Waals surface area contributed by atoms with Gasteiger partial charge < -0.3 is 10.1 Å². The summed E-state index contributed by atoms with van der Waals surface area (Å²) in [5.74, 6) is 0.368. The smallest absolute Gasteiger partial charge is 0.258 e. The Morgan fingerprint density at radius 3 is 2.63 bits per heavy atom. The highest BCUT2D eigenvalue weighted by Crippen LogP contribution is 2.22. The molecule has 6 nitrogen and oxygen atoms in total. The summed E-state index contributed by atoms with van der Waals surface area (Å²) >= 11 is 1.15. The van der Waals surface area contributed by atoms with E-state index in [-0.39, 0.29) is 18.6 Å². The van der Waals surface area contributed by atoms with Gasteiger partial charge in [0, 0.05) is 18.5 Å². The molecule has 0 spiro atoms. The Morgan fingerprint density at radius 2 is 1.81 bits per heavy atom. The van der Waals surface area contributed by atoms with E-state index < -0.39 is 0 Å². The second-order valence-electron chi connectivity index (χ2n) is 5.90. The van der Waals surface area contributed by atoms with Crippen molar-refractivity contribution in [3.05, 3.63) is 84.2 Å². The van der Waals surface area contributed by atoms with Gasteiger partial charge in [-0.3, -0.25) is 9.78 Å². The SMILES string of the molecule is O=C(COc1ccc2nsnc2c1)N[C@H](c1ccccc1)c1cccnc1. The molecule has 7 heteroatoms. The van der Waals surface area contributed by atoms with Crippen molar-refractivity contribution in [1.29, 1.82) is 0 Å². The number of amides is 1. The summed E-state index contributed by atoms with van der Waals surface area (Å²) in [7, 11) is 0. The molecule has 0 aliphatic carbocycles. The third-order valence-corrected chi connectivity index (χ3v) is 4.61. The van der Waals surface area contributed by atoms with E-state index in [9.17, 15) is 4.79 Å². The first-order chi connectivity index (χ1) is 13.3. The first-order valence-electron chi connectivity index (χ1n) is 8.39. The maximum atomic E-state index is 12.5. The van der Waals surface area contributed by atoms with Crippen LogP contribution in [-0.2, 0) is 4.79 Å². The van der Waals surface area contributed by atoms with Crippen LogP contribution in [0.25, 0.3) is 11.0 Å². The van der Waals surface area contributed by atoms with E-state index in [0.717, 1.165) is 33.9 Å². The normalized spacial score (nSPS) is 11.9. The highest BCUT2D eigenvalue weighted by molar-refractivity contribution is 7.00. The van der Waals surface area contributed by atoms with Gasteiger partial charge >= 0.3 is 0 Å². The fraction of sp³-hybridized carbons (Fsp3) is 0.100. The van der Waals surface area contributed by atoms with E-state index in [0.29, 0.717) is 5.75 Å². The predicted octanol–water partition coefficient (Wildman–Crippen LogP) is 3.37. The van der Waals surface area contributed by atoms with Crippen LogP contribution in [0.2, 0.25) is 0 Å². The standard InChI is InChI=1S/C20H16N4O2S/c25-19(13-26-16-8-9-17-18(11-16)24-27-23-17)22-20(14-5-2-1-3-6-14)15-7-4-10-21-12-15/h1-12,20H,13H2,(H,22,25)/t20-/m1/s1. The molecule has 27 heavy (non-hydrogen) atoms. The van der Waals surface area contributed by atoms with Crippen LogP contribution in [0.3, 0.4) is 0 Å². The first-order valence-corrected chi connectivity index (χ1v) is 9.12. The molecule has 0 saturated carbocycles. The van der Waals surface area contributed by atoms with E-state index in [2.05, 4.69) is 19.0 Å². The molecule has 1 atom stereocenters. The Morgan fingerprint density at radius 1 is 1.00 bits per heavy atom. The molecule has 1 N–H and O–H groups in total. The molecule has 0 bridgehead atoms. The number of carbonyl (C=O) groups excluding carboxylic acids is 1. The molecule has 0 unspecified atom stereocenters. The molecule has 1 amide bonds. The van der Waals surface area contributed by atoms with E-state index in [1.165, 1.54) is 0 Å². The Hall–Kier alpha value is -3.32. The van der Waals surface area contributed by atoms with Crippen molar-refractivity contribution in [3.63, 3.8) is 0 Å². The number of carbonyl (C=O) groups is 1. The molecule has 0 aliphatic rings. The van der Waals surface area contributed by atoms with Gasteiger partial charge in [0.05, 0.1) is 17.8 Å². The minimum absolute atomic E-state index is 0.0906. The van der Waals surface area contributed by atoms with Gasteiger partial charge in [0.15, 0.2) is 6.61 Å². The number of rotatable bonds is 6. The van der Waals surface area contributed by atoms with Crippen molar-refractivity contribution in [2.45, 2.75) is 6.04 Å². The average Bonchev–Trinajstić information content (AvgIpc) is 3.20. The van der Waals surface area contributed by atoms with Crippen LogP contribution in [0.15, 0.2) is 73.1 Å². The highest BCUT2D eigenvalue weighted by Gasteiger charge is 2.17. The molecule has 0 aliphatic heterocycles. The summed E-state index contributed by atoms with van der Waals surface area (Å²) in [4.78, 5) is 16.7. The van der Waals surface area contributed by atoms with Crippen LogP contribution in [0.1, 0.15) is 17.2 Å². The molecule has 0 radical (unpaired) electrons. The van der Waals surface area contributed by atoms with Gasteiger partial charge in [0.1, 0.15) is 16.8 Å². The fourth-order valence-electron chi connectivity index (χ4n) is 2.75. The van der Waals surface area contributed by atoms with Crippen molar-refractivity contribution >= 4 is 28.7 Å². The Bertz CT molecular complexity index is 998. The van der Waals surface area contributed by atoms with Gasteiger partial charge in [-0.2, -0.15) is 8.75 Å². The number of pyridine rings is 1.